The fourth-order valence-corrected chi connectivity index (χ4v) is 5.14. The smallest absolute Gasteiger partial charge is 0.187 e. The van der Waals surface area contributed by atoms with Crippen molar-refractivity contribution in [3.8, 4) is 0 Å². The molecule has 1 saturated heterocycles. The Hall–Kier alpha value is -3.44. The molecule has 5 rings (SSSR count). The van der Waals surface area contributed by atoms with Gasteiger partial charge in [0.2, 0.25) is 0 Å². The van der Waals surface area contributed by atoms with Crippen LogP contribution >= 0.6 is 0 Å². The monoisotopic (exact) mass is 614 g/mol. The van der Waals surface area contributed by atoms with Crippen molar-refractivity contribution in [3.63, 3.8) is 0 Å². The lowest BCUT2D eigenvalue weighted by atomic mass is 9.97. The molecule has 8 nitrogen and oxygen atoms in total. The van der Waals surface area contributed by atoms with E-state index in [0.29, 0.717) is 19.8 Å². The van der Waals surface area contributed by atoms with Crippen LogP contribution in [0.25, 0.3) is 0 Å². The molecular formula is C37H42O8. The molecule has 0 amide bonds. The highest BCUT2D eigenvalue weighted by Crippen LogP contribution is 2.31. The molecule has 2 N–H and O–H groups in total. The largest absolute Gasteiger partial charge is 0.394 e. The summed E-state index contributed by atoms with van der Waals surface area (Å²) in [5.74, 6) is 0. The summed E-state index contributed by atoms with van der Waals surface area (Å²) in [5.41, 5.74) is 4.02. The van der Waals surface area contributed by atoms with Crippen LogP contribution in [0, 0.1) is 0 Å². The number of benzene rings is 4. The molecule has 0 bridgehead atoms. The molecule has 1 aliphatic rings. The van der Waals surface area contributed by atoms with Crippen LogP contribution in [0.1, 0.15) is 22.3 Å². The van der Waals surface area contributed by atoms with E-state index in [1.165, 1.54) is 0 Å². The number of hydrogen-bond donors (Lipinski definition) is 2. The zero-order valence-corrected chi connectivity index (χ0v) is 25.3. The molecule has 1 heterocycles. The second kappa shape index (κ2) is 17.9. The summed E-state index contributed by atoms with van der Waals surface area (Å²) >= 11 is 0. The minimum Gasteiger partial charge on any atom is -0.394 e. The van der Waals surface area contributed by atoms with Crippen molar-refractivity contribution in [1.82, 2.24) is 0 Å². The predicted molar refractivity (Wildman–Crippen MR) is 169 cm³/mol. The first kappa shape index (κ1) is 32.9. The van der Waals surface area contributed by atoms with Crippen LogP contribution in [0.2, 0.25) is 0 Å². The summed E-state index contributed by atoms with van der Waals surface area (Å²) in [6.45, 7) is 0.926. The molecule has 1 aliphatic heterocycles. The lowest BCUT2D eigenvalue weighted by Gasteiger charge is -2.46. The first-order valence-corrected chi connectivity index (χ1v) is 15.3. The first-order chi connectivity index (χ1) is 22.2. The Morgan fingerprint density at radius 1 is 0.533 bits per heavy atom. The average Bonchev–Trinajstić information content (AvgIpc) is 3.10. The topological polar surface area (TPSA) is 95.8 Å². The van der Waals surface area contributed by atoms with Gasteiger partial charge >= 0.3 is 0 Å². The highest BCUT2D eigenvalue weighted by atomic mass is 16.7. The fraction of sp³-hybridized carbons (Fsp3) is 0.351. The van der Waals surface area contributed by atoms with Crippen LogP contribution in [-0.4, -0.2) is 66.8 Å². The standard InChI is InChI=1S/C37H42O8/c38-21-32(39)26-44-37-36(43-25-31-19-11-4-12-20-31)35(42-24-30-17-9-3-10-18-30)34(41-23-29-15-7-2-8-16-29)33(45-37)27-40-22-28-13-5-1-6-14-28/h1-20,32-39H,21-27H2/t32?,33-,34-,35+,36+,37-/m1/s1. The molecule has 1 fully saturated rings. The molecule has 0 aliphatic carbocycles. The third-order valence-corrected chi connectivity index (χ3v) is 7.50. The van der Waals surface area contributed by atoms with Gasteiger partial charge in [-0.1, -0.05) is 121 Å². The number of aliphatic hydroxyl groups excluding tert-OH is 2. The van der Waals surface area contributed by atoms with Crippen LogP contribution in [0.4, 0.5) is 0 Å². The Morgan fingerprint density at radius 3 is 1.42 bits per heavy atom. The van der Waals surface area contributed by atoms with E-state index < -0.39 is 43.4 Å². The highest BCUT2D eigenvalue weighted by molar-refractivity contribution is 5.16. The number of rotatable bonds is 17. The lowest BCUT2D eigenvalue weighted by Crippen LogP contribution is -2.62. The average molecular weight is 615 g/mol. The van der Waals surface area contributed by atoms with E-state index in [0.717, 1.165) is 22.3 Å². The van der Waals surface area contributed by atoms with E-state index in [1.807, 2.05) is 121 Å². The predicted octanol–water partition coefficient (Wildman–Crippen LogP) is 5.05. The minimum absolute atomic E-state index is 0.148. The first-order valence-electron chi connectivity index (χ1n) is 15.3. The summed E-state index contributed by atoms with van der Waals surface area (Å²) in [7, 11) is 0. The van der Waals surface area contributed by atoms with Crippen LogP contribution in [0.3, 0.4) is 0 Å². The summed E-state index contributed by atoms with van der Waals surface area (Å²) in [5, 5.41) is 19.6. The molecule has 0 saturated carbocycles. The van der Waals surface area contributed by atoms with Gasteiger partial charge in [0.05, 0.1) is 46.2 Å². The third-order valence-electron chi connectivity index (χ3n) is 7.50. The summed E-state index contributed by atoms with van der Waals surface area (Å²) in [6, 6.07) is 39.6. The SMILES string of the molecule is OCC(O)CO[C@@H]1O[C@H](COCc2ccccc2)[C@@H](OCc2ccccc2)[C@H](OCc2ccccc2)[C@@H]1OCc1ccccc1. The highest BCUT2D eigenvalue weighted by Gasteiger charge is 2.49. The van der Waals surface area contributed by atoms with Crippen molar-refractivity contribution in [1.29, 1.82) is 0 Å². The Morgan fingerprint density at radius 2 is 0.956 bits per heavy atom. The summed E-state index contributed by atoms with van der Waals surface area (Å²) in [4.78, 5) is 0. The quantitative estimate of drug-likeness (QED) is 0.171. The molecule has 4 aromatic rings. The van der Waals surface area contributed by atoms with E-state index in [-0.39, 0.29) is 19.8 Å². The third kappa shape index (κ3) is 10.3. The molecule has 8 heteroatoms. The number of aliphatic hydroxyl groups is 2. The Balaban J connectivity index is 1.43. The lowest BCUT2D eigenvalue weighted by molar-refractivity contribution is -0.331. The Kier molecular flexibility index (Phi) is 13.1. The van der Waals surface area contributed by atoms with E-state index >= 15 is 0 Å². The van der Waals surface area contributed by atoms with E-state index in [9.17, 15) is 10.2 Å². The zero-order valence-electron chi connectivity index (χ0n) is 25.3. The molecule has 0 aromatic heterocycles. The van der Waals surface area contributed by atoms with Gasteiger partial charge in [0.25, 0.3) is 0 Å². The maximum atomic E-state index is 10.1. The van der Waals surface area contributed by atoms with Gasteiger partial charge in [-0.25, -0.2) is 0 Å². The normalized spacial score (nSPS) is 22.2. The van der Waals surface area contributed by atoms with Gasteiger partial charge in [0.1, 0.15) is 30.5 Å². The van der Waals surface area contributed by atoms with Crippen LogP contribution in [-0.2, 0) is 54.8 Å². The van der Waals surface area contributed by atoms with Crippen molar-refractivity contribution in [2.45, 2.75) is 63.2 Å². The molecule has 0 radical (unpaired) electrons. The van der Waals surface area contributed by atoms with Gasteiger partial charge < -0.3 is 38.6 Å². The van der Waals surface area contributed by atoms with Crippen molar-refractivity contribution in [2.75, 3.05) is 19.8 Å². The van der Waals surface area contributed by atoms with Gasteiger partial charge in [0.15, 0.2) is 6.29 Å². The molecular weight excluding hydrogens is 572 g/mol. The number of hydrogen-bond acceptors (Lipinski definition) is 8. The second-order valence-electron chi connectivity index (χ2n) is 11.0. The summed E-state index contributed by atoms with van der Waals surface area (Å²) < 4.78 is 38.5. The van der Waals surface area contributed by atoms with Gasteiger partial charge in [0, 0.05) is 0 Å². The maximum Gasteiger partial charge on any atom is 0.187 e. The van der Waals surface area contributed by atoms with E-state index in [1.54, 1.807) is 0 Å². The molecule has 4 aromatic carbocycles. The van der Waals surface area contributed by atoms with Gasteiger partial charge in [-0.15, -0.1) is 0 Å². The zero-order chi connectivity index (χ0) is 31.1. The second-order valence-corrected chi connectivity index (χ2v) is 11.0. The molecule has 6 atom stereocenters. The number of ether oxygens (including phenoxy) is 6. The van der Waals surface area contributed by atoms with Crippen molar-refractivity contribution < 1.29 is 38.6 Å². The molecule has 45 heavy (non-hydrogen) atoms. The molecule has 1 unspecified atom stereocenters. The van der Waals surface area contributed by atoms with E-state index in [4.69, 9.17) is 28.4 Å². The minimum atomic E-state index is -1.08. The van der Waals surface area contributed by atoms with Crippen molar-refractivity contribution in [3.05, 3.63) is 144 Å². The van der Waals surface area contributed by atoms with Gasteiger partial charge in [-0.2, -0.15) is 0 Å². The molecule has 0 spiro atoms. The Bertz CT molecular complexity index is 1340. The molecule has 238 valence electrons. The fourth-order valence-electron chi connectivity index (χ4n) is 5.14. The van der Waals surface area contributed by atoms with Crippen LogP contribution < -0.4 is 0 Å². The van der Waals surface area contributed by atoms with Crippen LogP contribution in [0.5, 0.6) is 0 Å². The van der Waals surface area contributed by atoms with E-state index in [2.05, 4.69) is 0 Å². The summed E-state index contributed by atoms with van der Waals surface area (Å²) in [6.07, 6.45) is -4.55. The van der Waals surface area contributed by atoms with Gasteiger partial charge in [-0.3, -0.25) is 0 Å². The van der Waals surface area contributed by atoms with Gasteiger partial charge in [-0.05, 0) is 22.3 Å². The van der Waals surface area contributed by atoms with Crippen molar-refractivity contribution >= 4 is 0 Å². The Labute approximate surface area is 265 Å². The van der Waals surface area contributed by atoms with Crippen LogP contribution in [0.15, 0.2) is 121 Å². The maximum absolute atomic E-state index is 10.1. The van der Waals surface area contributed by atoms with Crippen molar-refractivity contribution in [2.24, 2.45) is 0 Å².